The maximum absolute atomic E-state index is 12.8. The SMILES string of the molecule is C/C=C\[C@@H](N)CCC(=O)N1CCn2c(cc(C(F)(F)F)cc2=O)C1.CCC. The molecule has 0 aromatic carbocycles. The zero-order valence-electron chi connectivity index (χ0n) is 16.1. The number of fused-ring (bicyclic) bond motifs is 1. The molecule has 8 heteroatoms. The number of aromatic nitrogens is 1. The molecular formula is C19H28F3N3O2. The number of carbonyl (C=O) groups excluding carboxylic acids is 1. The zero-order valence-corrected chi connectivity index (χ0v) is 16.1. The lowest BCUT2D eigenvalue weighted by Gasteiger charge is -2.30. The molecular weight excluding hydrogens is 359 g/mol. The van der Waals surface area contributed by atoms with Gasteiger partial charge in [0.1, 0.15) is 0 Å². The van der Waals surface area contributed by atoms with E-state index in [1.807, 2.05) is 6.92 Å². The molecule has 0 saturated carbocycles. The van der Waals surface area contributed by atoms with Gasteiger partial charge in [-0.05, 0) is 19.4 Å². The van der Waals surface area contributed by atoms with Crippen molar-refractivity contribution >= 4 is 5.91 Å². The molecule has 1 aromatic rings. The molecule has 152 valence electrons. The summed E-state index contributed by atoms with van der Waals surface area (Å²) in [5.41, 5.74) is 4.32. The van der Waals surface area contributed by atoms with Gasteiger partial charge in [-0.3, -0.25) is 9.59 Å². The van der Waals surface area contributed by atoms with Crippen molar-refractivity contribution < 1.29 is 18.0 Å². The Labute approximate surface area is 157 Å². The molecule has 2 N–H and O–H groups in total. The van der Waals surface area contributed by atoms with Crippen LogP contribution in [0.15, 0.2) is 29.1 Å². The fourth-order valence-electron chi connectivity index (χ4n) is 2.70. The Hall–Kier alpha value is -2.09. The van der Waals surface area contributed by atoms with E-state index in [1.165, 1.54) is 15.9 Å². The average Bonchev–Trinajstić information content (AvgIpc) is 2.59. The predicted octanol–water partition coefficient (Wildman–Crippen LogP) is 3.31. The second kappa shape index (κ2) is 10.3. The van der Waals surface area contributed by atoms with Gasteiger partial charge < -0.3 is 15.2 Å². The van der Waals surface area contributed by atoms with Gasteiger partial charge in [0.05, 0.1) is 12.1 Å². The number of hydrogen-bond acceptors (Lipinski definition) is 3. The van der Waals surface area contributed by atoms with Crippen LogP contribution in [0.2, 0.25) is 0 Å². The van der Waals surface area contributed by atoms with Gasteiger partial charge >= 0.3 is 6.18 Å². The van der Waals surface area contributed by atoms with Gasteiger partial charge in [-0.1, -0.05) is 32.4 Å². The molecule has 5 nitrogen and oxygen atoms in total. The van der Waals surface area contributed by atoms with E-state index in [4.69, 9.17) is 5.73 Å². The quantitative estimate of drug-likeness (QED) is 0.806. The normalized spacial score (nSPS) is 15.1. The van der Waals surface area contributed by atoms with Gasteiger partial charge in [0.2, 0.25) is 5.91 Å². The van der Waals surface area contributed by atoms with Gasteiger partial charge in [0.15, 0.2) is 0 Å². The number of allylic oxidation sites excluding steroid dienone is 1. The number of alkyl halides is 3. The summed E-state index contributed by atoms with van der Waals surface area (Å²) < 4.78 is 39.8. The summed E-state index contributed by atoms with van der Waals surface area (Å²) in [6.07, 6.45) is 0.940. The Balaban J connectivity index is 0.00000114. The predicted molar refractivity (Wildman–Crippen MR) is 99.1 cm³/mol. The van der Waals surface area contributed by atoms with E-state index in [0.717, 1.165) is 6.07 Å². The summed E-state index contributed by atoms with van der Waals surface area (Å²) in [7, 11) is 0. The highest BCUT2D eigenvalue weighted by atomic mass is 19.4. The Morgan fingerprint density at radius 2 is 1.93 bits per heavy atom. The molecule has 0 unspecified atom stereocenters. The van der Waals surface area contributed by atoms with Crippen LogP contribution in [0.3, 0.4) is 0 Å². The first-order chi connectivity index (χ1) is 12.6. The third kappa shape index (κ3) is 6.86. The van der Waals surface area contributed by atoms with Crippen LogP contribution in [0, 0.1) is 0 Å². The van der Waals surface area contributed by atoms with E-state index in [0.29, 0.717) is 19.0 Å². The topological polar surface area (TPSA) is 68.3 Å². The van der Waals surface area contributed by atoms with Crippen molar-refractivity contribution in [1.82, 2.24) is 9.47 Å². The molecule has 1 amide bonds. The maximum Gasteiger partial charge on any atom is 0.416 e. The van der Waals surface area contributed by atoms with Crippen molar-refractivity contribution in [2.45, 2.75) is 65.3 Å². The minimum atomic E-state index is -4.58. The monoisotopic (exact) mass is 387 g/mol. The van der Waals surface area contributed by atoms with Crippen molar-refractivity contribution in [3.63, 3.8) is 0 Å². The lowest BCUT2D eigenvalue weighted by molar-refractivity contribution is -0.137. The van der Waals surface area contributed by atoms with Crippen LogP contribution in [0.5, 0.6) is 0 Å². The van der Waals surface area contributed by atoms with Crippen LogP contribution in [-0.2, 0) is 24.1 Å². The minimum absolute atomic E-state index is 0.00313. The number of rotatable bonds is 4. The van der Waals surface area contributed by atoms with Crippen LogP contribution < -0.4 is 11.3 Å². The number of hydrogen-bond donors (Lipinski definition) is 1. The average molecular weight is 387 g/mol. The number of nitrogens with two attached hydrogens (primary N) is 1. The van der Waals surface area contributed by atoms with Gasteiger partial charge in [-0.15, -0.1) is 0 Å². The van der Waals surface area contributed by atoms with E-state index in [9.17, 15) is 22.8 Å². The Morgan fingerprint density at radius 1 is 1.30 bits per heavy atom. The molecule has 1 aliphatic heterocycles. The molecule has 0 spiro atoms. The van der Waals surface area contributed by atoms with E-state index in [2.05, 4.69) is 13.8 Å². The van der Waals surface area contributed by atoms with E-state index in [-0.39, 0.29) is 37.2 Å². The molecule has 0 aliphatic carbocycles. The maximum atomic E-state index is 12.8. The molecule has 0 saturated heterocycles. The molecule has 1 aromatic heterocycles. The summed E-state index contributed by atoms with van der Waals surface area (Å²) in [6, 6.07) is 1.30. The van der Waals surface area contributed by atoms with Crippen molar-refractivity contribution in [1.29, 1.82) is 0 Å². The summed E-state index contributed by atoms with van der Waals surface area (Å²) in [4.78, 5) is 25.5. The van der Waals surface area contributed by atoms with Gasteiger partial charge in [0.25, 0.3) is 5.56 Å². The smallest absolute Gasteiger partial charge is 0.335 e. The Kier molecular flexibility index (Phi) is 8.75. The number of halogens is 3. The summed E-state index contributed by atoms with van der Waals surface area (Å²) in [6.45, 7) is 6.57. The highest BCUT2D eigenvalue weighted by molar-refractivity contribution is 5.76. The molecule has 1 atom stereocenters. The van der Waals surface area contributed by atoms with Gasteiger partial charge in [0, 0.05) is 37.3 Å². The van der Waals surface area contributed by atoms with Crippen LogP contribution in [0.1, 0.15) is 51.3 Å². The van der Waals surface area contributed by atoms with E-state index < -0.39 is 17.3 Å². The largest absolute Gasteiger partial charge is 0.416 e. The second-order valence-corrected chi connectivity index (χ2v) is 6.47. The van der Waals surface area contributed by atoms with Gasteiger partial charge in [-0.2, -0.15) is 13.2 Å². The number of pyridine rings is 1. The lowest BCUT2D eigenvalue weighted by Crippen LogP contribution is -2.42. The van der Waals surface area contributed by atoms with Crippen LogP contribution >= 0.6 is 0 Å². The zero-order chi connectivity index (χ0) is 20.6. The minimum Gasteiger partial charge on any atom is -0.335 e. The molecule has 27 heavy (non-hydrogen) atoms. The Morgan fingerprint density at radius 3 is 2.48 bits per heavy atom. The van der Waals surface area contributed by atoms with Crippen LogP contribution in [0.4, 0.5) is 13.2 Å². The van der Waals surface area contributed by atoms with Crippen LogP contribution in [-0.4, -0.2) is 28.0 Å². The van der Waals surface area contributed by atoms with Crippen LogP contribution in [0.25, 0.3) is 0 Å². The van der Waals surface area contributed by atoms with E-state index in [1.54, 1.807) is 12.2 Å². The Bertz CT molecular complexity index is 711. The molecule has 2 heterocycles. The van der Waals surface area contributed by atoms with Gasteiger partial charge in [-0.25, -0.2) is 0 Å². The number of nitrogens with zero attached hydrogens (tertiary/aromatic N) is 2. The third-order valence-electron chi connectivity index (χ3n) is 3.97. The molecule has 2 rings (SSSR count). The fourth-order valence-corrected chi connectivity index (χ4v) is 2.70. The molecule has 1 aliphatic rings. The summed E-state index contributed by atoms with van der Waals surface area (Å²) in [5, 5.41) is 0. The third-order valence-corrected chi connectivity index (χ3v) is 3.97. The molecule has 0 fully saturated rings. The molecule has 0 radical (unpaired) electrons. The van der Waals surface area contributed by atoms with Crippen molar-refractivity contribution in [3.8, 4) is 0 Å². The first-order valence-electron chi connectivity index (χ1n) is 9.11. The summed E-state index contributed by atoms with van der Waals surface area (Å²) >= 11 is 0. The highest BCUT2D eigenvalue weighted by Crippen LogP contribution is 2.29. The van der Waals surface area contributed by atoms with Crippen molar-refractivity contribution in [2.24, 2.45) is 5.73 Å². The second-order valence-electron chi connectivity index (χ2n) is 6.47. The lowest BCUT2D eigenvalue weighted by atomic mass is 10.1. The van der Waals surface area contributed by atoms with Crippen molar-refractivity contribution in [3.05, 3.63) is 45.9 Å². The first kappa shape index (κ1) is 23.0. The van der Waals surface area contributed by atoms with E-state index >= 15 is 0 Å². The number of amides is 1. The number of carbonyl (C=O) groups is 1. The summed E-state index contributed by atoms with van der Waals surface area (Å²) in [5.74, 6) is -0.175. The highest BCUT2D eigenvalue weighted by Gasteiger charge is 2.33. The molecule has 0 bridgehead atoms. The standard InChI is InChI=1S/C16H20F3N3O2.C3H8/c1-2-3-12(20)4-5-14(23)21-6-7-22-13(10-21)8-11(9-15(22)24)16(17,18)19;1-3-2/h2-3,8-9,12H,4-7,10,20H2,1H3;3H2,1-2H3/b3-2-;/t12-;/m1./s1. The van der Waals surface area contributed by atoms with Crippen molar-refractivity contribution in [2.75, 3.05) is 6.54 Å². The fraction of sp³-hybridized carbons (Fsp3) is 0.579. The first-order valence-corrected chi connectivity index (χ1v) is 9.11.